The zero-order chi connectivity index (χ0) is 15.3. The molecular formula is C13H12FN3O2S2. The Labute approximate surface area is 126 Å². The lowest BCUT2D eigenvalue weighted by Gasteiger charge is -2.06. The van der Waals surface area contributed by atoms with Crippen LogP contribution in [-0.2, 0) is 16.6 Å². The van der Waals surface area contributed by atoms with Gasteiger partial charge in [0.2, 0.25) is 10.0 Å². The number of nitrogens with zero attached hydrogens (tertiary/aromatic N) is 1. The summed E-state index contributed by atoms with van der Waals surface area (Å²) >= 11 is 1.33. The molecule has 1 aromatic heterocycles. The Kier molecular flexibility index (Phi) is 5.03. The molecule has 0 saturated carbocycles. The fourth-order valence-corrected chi connectivity index (χ4v) is 3.13. The van der Waals surface area contributed by atoms with Crippen molar-refractivity contribution in [3.63, 3.8) is 0 Å². The highest BCUT2D eigenvalue weighted by molar-refractivity contribution is 7.89. The van der Waals surface area contributed by atoms with E-state index >= 15 is 0 Å². The van der Waals surface area contributed by atoms with Crippen LogP contribution >= 0.6 is 11.3 Å². The summed E-state index contributed by atoms with van der Waals surface area (Å²) in [6.45, 7) is 0.221. The van der Waals surface area contributed by atoms with E-state index in [9.17, 15) is 12.8 Å². The van der Waals surface area contributed by atoms with Crippen molar-refractivity contribution in [3.8, 4) is 11.8 Å². The summed E-state index contributed by atoms with van der Waals surface area (Å²) in [4.78, 5) is 4.47. The molecule has 2 aromatic rings. The molecule has 21 heavy (non-hydrogen) atoms. The molecule has 8 heteroatoms. The fourth-order valence-electron chi connectivity index (χ4n) is 1.49. The number of sulfonamides is 1. The van der Waals surface area contributed by atoms with Gasteiger partial charge in [-0.15, -0.1) is 11.3 Å². The highest BCUT2D eigenvalue weighted by Gasteiger charge is 2.16. The largest absolute Gasteiger partial charge is 0.320 e. The maximum absolute atomic E-state index is 13.8. The van der Waals surface area contributed by atoms with Crippen LogP contribution in [0.5, 0.6) is 0 Å². The second-order valence-corrected chi connectivity index (χ2v) is 6.68. The van der Waals surface area contributed by atoms with Gasteiger partial charge in [-0.3, -0.25) is 4.98 Å². The summed E-state index contributed by atoms with van der Waals surface area (Å²) in [7, 11) is -3.78. The average Bonchev–Trinajstić information content (AvgIpc) is 2.97. The summed E-state index contributed by atoms with van der Waals surface area (Å²) in [5.74, 6) is 4.35. The number of hydrogen-bond donors (Lipinski definition) is 2. The standard InChI is InChI=1S/C13H12FN3O2S2/c14-13-6-12(4-3-10(13)2-1-5-15)21(18,19)17-8-11-7-16-9-20-11/h3-4,6-7,9,17H,5,8,15H2. The first kappa shape index (κ1) is 15.6. The number of benzene rings is 1. The van der Waals surface area contributed by atoms with Gasteiger partial charge in [0, 0.05) is 17.6 Å². The number of rotatable bonds is 4. The molecule has 0 radical (unpaired) electrons. The molecule has 1 aromatic carbocycles. The van der Waals surface area contributed by atoms with Gasteiger partial charge < -0.3 is 5.73 Å². The van der Waals surface area contributed by atoms with Gasteiger partial charge in [0.05, 0.1) is 22.5 Å². The van der Waals surface area contributed by atoms with Crippen LogP contribution in [0.4, 0.5) is 4.39 Å². The minimum absolute atomic E-state index is 0.107. The summed E-state index contributed by atoms with van der Waals surface area (Å²) in [5, 5.41) is 0. The van der Waals surface area contributed by atoms with E-state index in [1.807, 2.05) is 0 Å². The van der Waals surface area contributed by atoms with Crippen LogP contribution in [0.25, 0.3) is 0 Å². The van der Waals surface area contributed by atoms with E-state index < -0.39 is 15.8 Å². The normalized spacial score (nSPS) is 11.0. The molecule has 5 nitrogen and oxygen atoms in total. The third-order valence-corrected chi connectivity index (χ3v) is 4.67. The van der Waals surface area contributed by atoms with Crippen molar-refractivity contribution in [1.82, 2.24) is 9.71 Å². The van der Waals surface area contributed by atoms with Crippen LogP contribution in [0, 0.1) is 17.7 Å². The second kappa shape index (κ2) is 6.78. The molecule has 0 atom stereocenters. The molecule has 3 N–H and O–H groups in total. The molecule has 0 aliphatic rings. The number of aromatic nitrogens is 1. The van der Waals surface area contributed by atoms with E-state index in [4.69, 9.17) is 5.73 Å². The Morgan fingerprint density at radius 3 is 2.86 bits per heavy atom. The third kappa shape index (κ3) is 4.09. The predicted molar refractivity (Wildman–Crippen MR) is 78.5 cm³/mol. The first-order valence-electron chi connectivity index (χ1n) is 5.88. The van der Waals surface area contributed by atoms with Gasteiger partial charge in [-0.05, 0) is 18.2 Å². The molecule has 0 saturated heterocycles. The third-order valence-electron chi connectivity index (χ3n) is 2.50. The monoisotopic (exact) mass is 325 g/mol. The molecule has 0 amide bonds. The van der Waals surface area contributed by atoms with Crippen LogP contribution in [0.15, 0.2) is 34.8 Å². The molecule has 0 bridgehead atoms. The van der Waals surface area contributed by atoms with Gasteiger partial charge in [-0.1, -0.05) is 11.8 Å². The lowest BCUT2D eigenvalue weighted by Crippen LogP contribution is -2.23. The zero-order valence-corrected chi connectivity index (χ0v) is 12.5. The number of nitrogens with one attached hydrogen (secondary N) is 1. The van der Waals surface area contributed by atoms with Crippen molar-refractivity contribution < 1.29 is 12.8 Å². The lowest BCUT2D eigenvalue weighted by molar-refractivity contribution is 0.577. The van der Waals surface area contributed by atoms with Gasteiger partial charge in [0.25, 0.3) is 0 Å². The van der Waals surface area contributed by atoms with E-state index in [0.29, 0.717) is 0 Å². The summed E-state index contributed by atoms with van der Waals surface area (Å²) in [6, 6.07) is 3.56. The molecular weight excluding hydrogens is 313 g/mol. The first-order chi connectivity index (χ1) is 10.0. The quantitative estimate of drug-likeness (QED) is 0.824. The van der Waals surface area contributed by atoms with Crippen molar-refractivity contribution in [1.29, 1.82) is 0 Å². The highest BCUT2D eigenvalue weighted by Crippen LogP contribution is 2.15. The maximum atomic E-state index is 13.8. The van der Waals surface area contributed by atoms with E-state index in [1.54, 1.807) is 11.7 Å². The van der Waals surface area contributed by atoms with E-state index in [-0.39, 0.29) is 23.5 Å². The Hall–Kier alpha value is -1.79. The molecule has 0 aliphatic heterocycles. The zero-order valence-electron chi connectivity index (χ0n) is 10.8. The van der Waals surface area contributed by atoms with Crippen molar-refractivity contribution >= 4 is 21.4 Å². The molecule has 2 rings (SSSR count). The van der Waals surface area contributed by atoms with Gasteiger partial charge in [-0.25, -0.2) is 17.5 Å². The lowest BCUT2D eigenvalue weighted by atomic mass is 10.2. The minimum atomic E-state index is -3.78. The predicted octanol–water partition coefficient (Wildman–Crippen LogP) is 1.07. The van der Waals surface area contributed by atoms with Crippen LogP contribution < -0.4 is 10.5 Å². The first-order valence-corrected chi connectivity index (χ1v) is 8.25. The maximum Gasteiger partial charge on any atom is 0.241 e. The molecule has 1 heterocycles. The van der Waals surface area contributed by atoms with Crippen LogP contribution in [0.3, 0.4) is 0 Å². The van der Waals surface area contributed by atoms with E-state index in [0.717, 1.165) is 10.9 Å². The van der Waals surface area contributed by atoms with Crippen molar-refractivity contribution in [3.05, 3.63) is 46.2 Å². The smallest absolute Gasteiger partial charge is 0.241 e. The van der Waals surface area contributed by atoms with Crippen molar-refractivity contribution in [2.45, 2.75) is 11.4 Å². The molecule has 0 spiro atoms. The van der Waals surface area contributed by atoms with Gasteiger partial charge >= 0.3 is 0 Å². The minimum Gasteiger partial charge on any atom is -0.320 e. The van der Waals surface area contributed by atoms with Crippen LogP contribution in [0.1, 0.15) is 10.4 Å². The summed E-state index contributed by atoms with van der Waals surface area (Å²) < 4.78 is 40.3. The number of halogens is 1. The SMILES string of the molecule is NCC#Cc1ccc(S(=O)(=O)NCc2cncs2)cc1F. The average molecular weight is 325 g/mol. The molecule has 0 fully saturated rings. The number of nitrogens with two attached hydrogens (primary N) is 1. The second-order valence-electron chi connectivity index (χ2n) is 3.94. The summed E-state index contributed by atoms with van der Waals surface area (Å²) in [6.07, 6.45) is 1.57. The number of hydrogen-bond acceptors (Lipinski definition) is 5. The van der Waals surface area contributed by atoms with Crippen LogP contribution in [-0.4, -0.2) is 19.9 Å². The van der Waals surface area contributed by atoms with Gasteiger partial charge in [0.1, 0.15) is 5.82 Å². The molecule has 110 valence electrons. The van der Waals surface area contributed by atoms with E-state index in [1.165, 1.54) is 23.5 Å². The molecule has 0 aliphatic carbocycles. The Morgan fingerprint density at radius 1 is 1.43 bits per heavy atom. The van der Waals surface area contributed by atoms with Crippen molar-refractivity contribution in [2.24, 2.45) is 5.73 Å². The fraction of sp³-hybridized carbons (Fsp3) is 0.154. The van der Waals surface area contributed by atoms with Crippen LogP contribution in [0.2, 0.25) is 0 Å². The van der Waals surface area contributed by atoms with E-state index in [2.05, 4.69) is 21.5 Å². The highest BCUT2D eigenvalue weighted by atomic mass is 32.2. The van der Waals surface area contributed by atoms with Gasteiger partial charge in [0.15, 0.2) is 0 Å². The molecule has 0 unspecified atom stereocenters. The van der Waals surface area contributed by atoms with Gasteiger partial charge in [-0.2, -0.15) is 0 Å². The Morgan fingerprint density at radius 2 is 2.24 bits per heavy atom. The van der Waals surface area contributed by atoms with Crippen molar-refractivity contribution in [2.75, 3.05) is 6.54 Å². The summed E-state index contributed by atoms with van der Waals surface area (Å²) in [5.41, 5.74) is 6.92. The number of thiazole rings is 1. The Balaban J connectivity index is 2.18. The topological polar surface area (TPSA) is 85.1 Å². The Bertz CT molecular complexity index is 777.